The summed E-state index contributed by atoms with van der Waals surface area (Å²) in [6, 6.07) is 7.12. The van der Waals surface area contributed by atoms with E-state index in [1.165, 1.54) is 0 Å². The summed E-state index contributed by atoms with van der Waals surface area (Å²) in [5, 5.41) is 12.5. The summed E-state index contributed by atoms with van der Waals surface area (Å²) >= 11 is 0. The predicted octanol–water partition coefficient (Wildman–Crippen LogP) is 2.34. The van der Waals surface area contributed by atoms with Crippen molar-refractivity contribution < 1.29 is 19.3 Å². The van der Waals surface area contributed by atoms with Gasteiger partial charge in [-0.3, -0.25) is 0 Å². The number of aliphatic hydroxyl groups is 1. The highest BCUT2D eigenvalue weighted by atomic mass is 16.5. The highest BCUT2D eigenvalue weighted by Gasteiger charge is 2.14. The van der Waals surface area contributed by atoms with Crippen molar-refractivity contribution in [3.8, 4) is 17.2 Å². The molecule has 2 rings (SSSR count). The van der Waals surface area contributed by atoms with Gasteiger partial charge in [0, 0.05) is 29.6 Å². The Kier molecular flexibility index (Phi) is 4.84. The maximum Gasteiger partial charge on any atom is 0.203 e. The van der Waals surface area contributed by atoms with Crippen LogP contribution in [0.15, 0.2) is 30.5 Å². The number of ether oxygens (including phenoxy) is 3. The predicted molar refractivity (Wildman–Crippen MR) is 79.5 cm³/mol. The summed E-state index contributed by atoms with van der Waals surface area (Å²) < 4.78 is 15.9. The minimum atomic E-state index is -0.0966. The third kappa shape index (κ3) is 3.17. The third-order valence-electron chi connectivity index (χ3n) is 2.99. The first-order valence-corrected chi connectivity index (χ1v) is 6.35. The molecule has 0 fully saturated rings. The number of anilines is 2. The smallest absolute Gasteiger partial charge is 0.203 e. The lowest BCUT2D eigenvalue weighted by molar-refractivity contribution is 0.282. The normalized spacial score (nSPS) is 10.1. The molecule has 0 bridgehead atoms. The molecule has 0 aliphatic rings. The van der Waals surface area contributed by atoms with Crippen molar-refractivity contribution >= 4 is 11.5 Å². The van der Waals surface area contributed by atoms with Gasteiger partial charge in [-0.1, -0.05) is 6.07 Å². The SMILES string of the molecule is COc1cc(Nc2ncccc2CO)cc(OC)c1OC. The second-order valence-corrected chi connectivity index (χ2v) is 4.21. The number of nitrogens with zero attached hydrogens (tertiary/aromatic N) is 1. The Labute approximate surface area is 123 Å². The van der Waals surface area contributed by atoms with Gasteiger partial charge >= 0.3 is 0 Å². The van der Waals surface area contributed by atoms with Crippen molar-refractivity contribution in [2.24, 2.45) is 0 Å². The molecule has 0 radical (unpaired) electrons. The van der Waals surface area contributed by atoms with Crippen LogP contribution in [0.2, 0.25) is 0 Å². The van der Waals surface area contributed by atoms with Crippen LogP contribution in [-0.2, 0) is 6.61 Å². The van der Waals surface area contributed by atoms with Crippen LogP contribution < -0.4 is 19.5 Å². The molecule has 0 unspecified atom stereocenters. The maximum absolute atomic E-state index is 9.33. The number of aliphatic hydroxyl groups excluding tert-OH is 1. The minimum Gasteiger partial charge on any atom is -0.493 e. The number of nitrogens with one attached hydrogen (secondary N) is 1. The van der Waals surface area contributed by atoms with Crippen LogP contribution in [-0.4, -0.2) is 31.4 Å². The Hall–Kier alpha value is -2.47. The van der Waals surface area contributed by atoms with Gasteiger partial charge in [-0.2, -0.15) is 0 Å². The first-order chi connectivity index (χ1) is 10.2. The van der Waals surface area contributed by atoms with Crippen LogP contribution in [0.25, 0.3) is 0 Å². The van der Waals surface area contributed by atoms with Crippen LogP contribution in [0.1, 0.15) is 5.56 Å². The molecule has 0 amide bonds. The van der Waals surface area contributed by atoms with Gasteiger partial charge in [0.15, 0.2) is 11.5 Å². The van der Waals surface area contributed by atoms with E-state index in [1.807, 2.05) is 0 Å². The fraction of sp³-hybridized carbons (Fsp3) is 0.267. The molecule has 21 heavy (non-hydrogen) atoms. The van der Waals surface area contributed by atoms with E-state index in [0.29, 0.717) is 28.6 Å². The molecule has 1 aromatic heterocycles. The molecular formula is C15H18N2O4. The van der Waals surface area contributed by atoms with E-state index in [2.05, 4.69) is 10.3 Å². The minimum absolute atomic E-state index is 0.0966. The molecule has 0 aliphatic carbocycles. The van der Waals surface area contributed by atoms with Crippen LogP contribution >= 0.6 is 0 Å². The van der Waals surface area contributed by atoms with E-state index >= 15 is 0 Å². The Morgan fingerprint density at radius 3 is 2.29 bits per heavy atom. The molecule has 2 N–H and O–H groups in total. The molecule has 2 aromatic rings. The largest absolute Gasteiger partial charge is 0.493 e. The summed E-state index contributed by atoms with van der Waals surface area (Å²) in [7, 11) is 4.66. The van der Waals surface area contributed by atoms with E-state index < -0.39 is 0 Å². The lowest BCUT2D eigenvalue weighted by Gasteiger charge is -2.15. The van der Waals surface area contributed by atoms with Gasteiger partial charge in [-0.05, 0) is 6.07 Å². The topological polar surface area (TPSA) is 72.8 Å². The van der Waals surface area contributed by atoms with Gasteiger partial charge in [0.05, 0.1) is 27.9 Å². The van der Waals surface area contributed by atoms with Gasteiger partial charge in [0.1, 0.15) is 5.82 Å². The number of pyridine rings is 1. The van der Waals surface area contributed by atoms with Gasteiger partial charge in [0.25, 0.3) is 0 Å². The number of hydrogen-bond donors (Lipinski definition) is 2. The fourth-order valence-corrected chi connectivity index (χ4v) is 1.97. The first-order valence-electron chi connectivity index (χ1n) is 6.35. The summed E-state index contributed by atoms with van der Waals surface area (Å²) in [6.45, 7) is -0.0966. The second kappa shape index (κ2) is 6.81. The molecule has 1 aromatic carbocycles. The summed E-state index contributed by atoms with van der Waals surface area (Å²) in [5.41, 5.74) is 1.42. The molecule has 0 saturated carbocycles. The number of benzene rings is 1. The number of hydrogen-bond acceptors (Lipinski definition) is 6. The van der Waals surface area contributed by atoms with Gasteiger partial charge in [-0.15, -0.1) is 0 Å². The van der Waals surface area contributed by atoms with Gasteiger partial charge < -0.3 is 24.6 Å². The lowest BCUT2D eigenvalue weighted by atomic mass is 10.2. The Morgan fingerprint density at radius 1 is 1.10 bits per heavy atom. The zero-order valence-corrected chi connectivity index (χ0v) is 12.2. The molecule has 112 valence electrons. The van der Waals surface area contributed by atoms with Crippen LogP contribution in [0, 0.1) is 0 Å². The molecule has 6 heteroatoms. The monoisotopic (exact) mass is 290 g/mol. The van der Waals surface area contributed by atoms with E-state index in [-0.39, 0.29) is 6.61 Å². The zero-order chi connectivity index (χ0) is 15.2. The zero-order valence-electron chi connectivity index (χ0n) is 12.2. The average molecular weight is 290 g/mol. The second-order valence-electron chi connectivity index (χ2n) is 4.21. The maximum atomic E-state index is 9.33. The molecule has 0 atom stereocenters. The van der Waals surface area contributed by atoms with E-state index in [4.69, 9.17) is 14.2 Å². The molecule has 0 saturated heterocycles. The Bertz CT molecular complexity index is 591. The van der Waals surface area contributed by atoms with Crippen LogP contribution in [0.3, 0.4) is 0 Å². The highest BCUT2D eigenvalue weighted by Crippen LogP contribution is 2.40. The van der Waals surface area contributed by atoms with Crippen molar-refractivity contribution in [3.63, 3.8) is 0 Å². The molecule has 1 heterocycles. The van der Waals surface area contributed by atoms with Crippen molar-refractivity contribution in [2.75, 3.05) is 26.6 Å². The van der Waals surface area contributed by atoms with Crippen LogP contribution in [0.5, 0.6) is 17.2 Å². The summed E-state index contributed by atoms with van der Waals surface area (Å²) in [6.07, 6.45) is 1.65. The summed E-state index contributed by atoms with van der Waals surface area (Å²) in [4.78, 5) is 4.21. The Balaban J connectivity index is 2.40. The van der Waals surface area contributed by atoms with Gasteiger partial charge in [0.2, 0.25) is 5.75 Å². The Morgan fingerprint density at radius 2 is 1.76 bits per heavy atom. The highest BCUT2D eigenvalue weighted by molar-refractivity contribution is 5.67. The molecule has 6 nitrogen and oxygen atoms in total. The van der Waals surface area contributed by atoms with Crippen molar-refractivity contribution in [1.82, 2.24) is 4.98 Å². The molecular weight excluding hydrogens is 272 g/mol. The molecule has 0 aliphatic heterocycles. The van der Waals surface area contributed by atoms with E-state index in [1.54, 1.807) is 51.8 Å². The first kappa shape index (κ1) is 14.9. The summed E-state index contributed by atoms with van der Waals surface area (Å²) in [5.74, 6) is 2.19. The molecule has 0 spiro atoms. The van der Waals surface area contributed by atoms with Crippen LogP contribution in [0.4, 0.5) is 11.5 Å². The van der Waals surface area contributed by atoms with Crippen molar-refractivity contribution in [2.45, 2.75) is 6.61 Å². The third-order valence-corrected chi connectivity index (χ3v) is 2.99. The van der Waals surface area contributed by atoms with Crippen molar-refractivity contribution in [3.05, 3.63) is 36.0 Å². The van der Waals surface area contributed by atoms with E-state index in [9.17, 15) is 5.11 Å². The number of rotatable bonds is 6. The number of methoxy groups -OCH3 is 3. The average Bonchev–Trinajstić information content (AvgIpc) is 2.54. The standard InChI is InChI=1S/C15H18N2O4/c1-19-12-7-11(8-13(20-2)14(12)21-3)17-15-10(9-18)5-4-6-16-15/h4-8,18H,9H2,1-3H3,(H,16,17). The van der Waals surface area contributed by atoms with Crippen molar-refractivity contribution in [1.29, 1.82) is 0 Å². The lowest BCUT2D eigenvalue weighted by Crippen LogP contribution is -2.01. The quantitative estimate of drug-likeness (QED) is 0.850. The van der Waals surface area contributed by atoms with E-state index in [0.717, 1.165) is 5.69 Å². The van der Waals surface area contributed by atoms with Gasteiger partial charge in [-0.25, -0.2) is 4.98 Å². The fourth-order valence-electron chi connectivity index (χ4n) is 1.97. The number of aromatic nitrogens is 1.